The summed E-state index contributed by atoms with van der Waals surface area (Å²) in [5.41, 5.74) is -1.45. The Morgan fingerprint density at radius 2 is 1.75 bits per heavy atom. The second kappa shape index (κ2) is 12.1. The van der Waals surface area contributed by atoms with Crippen LogP contribution in [0.2, 0.25) is 0 Å². The molecular weight excluding hydrogens is 575 g/mol. The van der Waals surface area contributed by atoms with Crippen LogP contribution in [0.25, 0.3) is 11.4 Å². The van der Waals surface area contributed by atoms with Gasteiger partial charge in [0.05, 0.1) is 0 Å². The summed E-state index contributed by atoms with van der Waals surface area (Å²) in [5.74, 6) is 0.866. The second-order valence-electron chi connectivity index (χ2n) is 13.4. The van der Waals surface area contributed by atoms with Crippen molar-refractivity contribution in [3.63, 3.8) is 0 Å². The lowest BCUT2D eigenvalue weighted by Crippen LogP contribution is -2.63. The quantitative estimate of drug-likeness (QED) is 0.311. The monoisotopic (exact) mass is 615 g/mol. The van der Waals surface area contributed by atoms with Gasteiger partial charge < -0.3 is 24.6 Å². The Kier molecular flexibility index (Phi) is 8.78. The van der Waals surface area contributed by atoms with Gasteiger partial charge in [-0.1, -0.05) is 36.3 Å². The molecule has 1 amide bonds. The first-order valence-corrected chi connectivity index (χ1v) is 14.9. The molecule has 0 spiro atoms. The van der Waals surface area contributed by atoms with E-state index in [1.54, 1.807) is 18.5 Å². The minimum Gasteiger partial charge on any atom is -0.444 e. The summed E-state index contributed by atoms with van der Waals surface area (Å²) in [6.07, 6.45) is 0.202. The lowest BCUT2D eigenvalue weighted by molar-refractivity contribution is -0.127. The zero-order chi connectivity index (χ0) is 31.9. The van der Waals surface area contributed by atoms with E-state index in [-0.39, 0.29) is 17.5 Å². The van der Waals surface area contributed by atoms with Crippen molar-refractivity contribution in [1.29, 1.82) is 0 Å². The maximum absolute atomic E-state index is 14.0. The first-order valence-electron chi connectivity index (χ1n) is 14.9. The lowest BCUT2D eigenvalue weighted by atomic mass is 9.62. The van der Waals surface area contributed by atoms with Gasteiger partial charge in [-0.25, -0.2) is 18.0 Å². The van der Waals surface area contributed by atoms with Crippen molar-refractivity contribution in [2.75, 3.05) is 20.1 Å². The lowest BCUT2D eigenvalue weighted by Gasteiger charge is -2.55. The third-order valence-corrected chi connectivity index (χ3v) is 8.63. The molecule has 1 aliphatic heterocycles. The molecule has 1 saturated heterocycles. The van der Waals surface area contributed by atoms with Crippen LogP contribution in [0.15, 0.2) is 47.2 Å². The molecule has 12 heteroatoms. The Hall–Kier alpha value is -3.51. The number of nitrogens with one attached hydrogen (secondary N) is 1. The van der Waals surface area contributed by atoms with Gasteiger partial charge in [0, 0.05) is 54.0 Å². The van der Waals surface area contributed by atoms with Crippen LogP contribution >= 0.6 is 0 Å². The summed E-state index contributed by atoms with van der Waals surface area (Å²) in [7, 11) is 1.94. The smallest absolute Gasteiger partial charge is 0.407 e. The Morgan fingerprint density at radius 1 is 1.09 bits per heavy atom. The second-order valence-corrected chi connectivity index (χ2v) is 13.4. The van der Waals surface area contributed by atoms with Crippen molar-refractivity contribution in [3.05, 3.63) is 65.3 Å². The number of hydrogen-bond acceptors (Lipinski definition) is 8. The minimum absolute atomic E-state index is 0.00851. The molecule has 1 aromatic carbocycles. The van der Waals surface area contributed by atoms with Gasteiger partial charge in [-0.2, -0.15) is 4.98 Å². The number of aromatic nitrogens is 3. The highest BCUT2D eigenvalue weighted by Crippen LogP contribution is 2.50. The van der Waals surface area contributed by atoms with Crippen molar-refractivity contribution in [2.45, 2.75) is 89.1 Å². The number of halogens is 3. The van der Waals surface area contributed by atoms with Gasteiger partial charge >= 0.3 is 6.09 Å². The molecule has 0 bridgehead atoms. The minimum atomic E-state index is -3.14. The summed E-state index contributed by atoms with van der Waals surface area (Å²) in [4.78, 5) is 23.3. The van der Waals surface area contributed by atoms with Crippen LogP contribution < -0.4 is 5.32 Å². The van der Waals surface area contributed by atoms with Gasteiger partial charge in [-0.05, 0) is 70.7 Å². The fourth-order valence-corrected chi connectivity index (χ4v) is 6.53. The van der Waals surface area contributed by atoms with Crippen LogP contribution in [0.1, 0.15) is 88.0 Å². The number of hydrogen-bond donors (Lipinski definition) is 2. The zero-order valence-corrected chi connectivity index (χ0v) is 25.7. The van der Waals surface area contributed by atoms with Crippen LogP contribution in [0, 0.1) is 5.41 Å². The number of aliphatic hydroxyl groups is 1. The molecule has 1 aliphatic carbocycles. The highest BCUT2D eigenvalue weighted by molar-refractivity contribution is 5.68. The summed E-state index contributed by atoms with van der Waals surface area (Å²) in [5, 5.41) is 19.5. The molecule has 3 heterocycles. The maximum Gasteiger partial charge on any atom is 0.407 e. The molecule has 3 aromatic rings. The van der Waals surface area contributed by atoms with Crippen molar-refractivity contribution in [3.8, 4) is 11.4 Å². The van der Waals surface area contributed by atoms with Crippen LogP contribution in [0.3, 0.4) is 0 Å². The number of alkyl halides is 3. The number of pyridine rings is 1. The molecule has 238 valence electrons. The number of likely N-dealkylation sites (tertiary alicyclic amines) is 1. The molecule has 2 aliphatic rings. The average molecular weight is 616 g/mol. The number of amides is 1. The molecule has 2 unspecified atom stereocenters. The Bertz CT molecular complexity index is 1450. The Balaban J connectivity index is 1.35. The van der Waals surface area contributed by atoms with E-state index in [0.29, 0.717) is 41.5 Å². The molecule has 2 atom stereocenters. The fourth-order valence-electron chi connectivity index (χ4n) is 6.53. The van der Waals surface area contributed by atoms with Crippen molar-refractivity contribution in [1.82, 2.24) is 25.3 Å². The van der Waals surface area contributed by atoms with Gasteiger partial charge in [0.25, 0.3) is 6.43 Å². The summed E-state index contributed by atoms with van der Waals surface area (Å²) < 4.78 is 51.0. The molecular formula is C32H40F3N5O4. The van der Waals surface area contributed by atoms with E-state index in [2.05, 4.69) is 25.3 Å². The molecule has 9 nitrogen and oxygen atoms in total. The topological polar surface area (TPSA) is 114 Å². The van der Waals surface area contributed by atoms with E-state index in [1.807, 2.05) is 34.7 Å². The molecule has 2 N–H and O–H groups in total. The Labute approximate surface area is 255 Å². The van der Waals surface area contributed by atoms with Crippen LogP contribution in [-0.2, 0) is 10.3 Å². The van der Waals surface area contributed by atoms with E-state index in [4.69, 9.17) is 9.26 Å². The van der Waals surface area contributed by atoms with E-state index < -0.39 is 35.3 Å². The van der Waals surface area contributed by atoms with E-state index in [0.717, 1.165) is 25.7 Å². The summed E-state index contributed by atoms with van der Waals surface area (Å²) >= 11 is 0. The van der Waals surface area contributed by atoms with Crippen molar-refractivity contribution in [2.24, 2.45) is 5.41 Å². The predicted molar refractivity (Wildman–Crippen MR) is 157 cm³/mol. The number of carbonyl (C=O) groups is 1. The largest absolute Gasteiger partial charge is 0.444 e. The Morgan fingerprint density at radius 3 is 2.34 bits per heavy atom. The standard InChI is InChI=1S/C32H40F3N5O4/c1-30(2,3)43-29(41)37-24-12-8-20(9-13-24)28-38-27(39-44-28)21-14-23(16-36-15-21)32(42,31(4)17-40(5)18-31)22-10-6-19(7-11-22)25(33)26(34)35/h6-7,10-11,14-16,20,24-26,42H,8-9,12-13,17-18H2,1-5H3,(H,37,41). The predicted octanol–water partition coefficient (Wildman–Crippen LogP) is 6.15. The van der Waals surface area contributed by atoms with Crippen LogP contribution in [-0.4, -0.2) is 69.4 Å². The number of ether oxygens (including phenoxy) is 1. The average Bonchev–Trinajstić information content (AvgIpc) is 3.45. The zero-order valence-electron chi connectivity index (χ0n) is 25.7. The highest BCUT2D eigenvalue weighted by atomic mass is 19.3. The molecule has 44 heavy (non-hydrogen) atoms. The molecule has 2 aromatic heterocycles. The highest BCUT2D eigenvalue weighted by Gasteiger charge is 2.55. The fraction of sp³-hybridized carbons (Fsp3) is 0.562. The van der Waals surface area contributed by atoms with E-state index in [1.165, 1.54) is 24.3 Å². The first kappa shape index (κ1) is 31.9. The SMILES string of the molecule is CN1CC(C)(C(O)(c2ccc(C(F)C(F)F)cc2)c2cncc(-c3noc(C4CCC(NC(=O)OC(C)(C)C)CC4)n3)c2)C1. The van der Waals surface area contributed by atoms with Crippen LogP contribution in [0.4, 0.5) is 18.0 Å². The first-order chi connectivity index (χ1) is 20.7. The van der Waals surface area contributed by atoms with Gasteiger partial charge in [-0.15, -0.1) is 0 Å². The number of carbonyl (C=O) groups excluding carboxylic acids is 1. The number of rotatable bonds is 8. The van der Waals surface area contributed by atoms with Crippen molar-refractivity contribution >= 4 is 6.09 Å². The third-order valence-electron chi connectivity index (χ3n) is 8.63. The normalized spacial score (nSPS) is 22.6. The number of nitrogens with zero attached hydrogens (tertiary/aromatic N) is 4. The van der Waals surface area contributed by atoms with E-state index in [9.17, 15) is 23.1 Å². The maximum atomic E-state index is 14.0. The summed E-state index contributed by atoms with van der Waals surface area (Å²) in [6, 6.07) is 7.36. The molecule has 5 rings (SSSR count). The van der Waals surface area contributed by atoms with Gasteiger partial charge in [-0.3, -0.25) is 4.98 Å². The van der Waals surface area contributed by atoms with Gasteiger partial charge in [0.1, 0.15) is 11.2 Å². The van der Waals surface area contributed by atoms with Crippen molar-refractivity contribution < 1.29 is 32.3 Å². The molecule has 2 fully saturated rings. The third kappa shape index (κ3) is 6.46. The molecule has 0 radical (unpaired) electrons. The van der Waals surface area contributed by atoms with Gasteiger partial charge in [0.15, 0.2) is 6.17 Å². The number of benzene rings is 1. The van der Waals surface area contributed by atoms with E-state index >= 15 is 0 Å². The van der Waals surface area contributed by atoms with Gasteiger partial charge in [0.2, 0.25) is 11.7 Å². The summed E-state index contributed by atoms with van der Waals surface area (Å²) in [6.45, 7) is 8.56. The van der Waals surface area contributed by atoms with Crippen LogP contribution in [0.5, 0.6) is 0 Å². The number of alkyl carbamates (subject to hydrolysis) is 1. The molecule has 1 saturated carbocycles.